The normalized spacial score (nSPS) is 10.8. The number of hydrogen-bond donors (Lipinski definition) is 0. The quantitative estimate of drug-likeness (QED) is 0.358. The zero-order chi connectivity index (χ0) is 11.0. The van der Waals surface area contributed by atoms with E-state index < -0.39 is 17.7 Å². The van der Waals surface area contributed by atoms with Crippen molar-refractivity contribution in [1.82, 2.24) is 0 Å². The maximum atomic E-state index is 11.2. The summed E-state index contributed by atoms with van der Waals surface area (Å²) < 4.78 is 4.58. The zero-order valence-corrected chi connectivity index (χ0v) is 7.73. The van der Waals surface area contributed by atoms with Crippen LogP contribution in [0.25, 0.3) is 0 Å². The number of nitriles is 1. The molecule has 4 nitrogen and oxygen atoms in total. The van der Waals surface area contributed by atoms with E-state index in [0.717, 1.165) is 0 Å². The van der Waals surface area contributed by atoms with E-state index in [-0.39, 0.29) is 13.0 Å². The predicted octanol–water partition coefficient (Wildman–Crippen LogP) is 1.00. The third-order valence-electron chi connectivity index (χ3n) is 1.38. The van der Waals surface area contributed by atoms with Crippen molar-refractivity contribution in [1.29, 1.82) is 5.26 Å². The summed E-state index contributed by atoms with van der Waals surface area (Å²) in [4.78, 5) is 22.3. The first-order chi connectivity index (χ1) is 6.67. The Balaban J connectivity index is 4.33. The van der Waals surface area contributed by atoms with Crippen LogP contribution in [0.3, 0.4) is 0 Å². The molecule has 0 bridgehead atoms. The molecule has 14 heavy (non-hydrogen) atoms. The number of rotatable bonds is 6. The number of carbonyl (C=O) groups excluding carboxylic acids is 2. The van der Waals surface area contributed by atoms with Crippen LogP contribution in [0.1, 0.15) is 6.42 Å². The van der Waals surface area contributed by atoms with E-state index in [2.05, 4.69) is 17.9 Å². The Morgan fingerprint density at radius 2 is 2.07 bits per heavy atom. The Hall–Kier alpha value is -1.89. The van der Waals surface area contributed by atoms with Crippen LogP contribution in [0.15, 0.2) is 25.3 Å². The molecule has 0 spiro atoms. The molecule has 0 aliphatic carbocycles. The molecule has 0 aliphatic heterocycles. The summed E-state index contributed by atoms with van der Waals surface area (Å²) in [6.07, 6.45) is 2.69. The smallest absolute Gasteiger partial charge is 0.331 e. The number of hydrogen-bond acceptors (Lipinski definition) is 4. The number of nitrogens with zero attached hydrogens (tertiary/aromatic N) is 1. The first-order valence-electron chi connectivity index (χ1n) is 3.98. The molecule has 0 heterocycles. The first-order valence-corrected chi connectivity index (χ1v) is 3.98. The van der Waals surface area contributed by atoms with Gasteiger partial charge in [0, 0.05) is 6.42 Å². The number of esters is 1. The van der Waals surface area contributed by atoms with Crippen LogP contribution in [0.4, 0.5) is 0 Å². The van der Waals surface area contributed by atoms with Crippen molar-refractivity contribution in [3.05, 3.63) is 25.3 Å². The fraction of sp³-hybridized carbons (Fsp3) is 0.300. The van der Waals surface area contributed by atoms with Crippen LogP contribution in [-0.2, 0) is 14.3 Å². The lowest BCUT2D eigenvalue weighted by Gasteiger charge is -2.05. The summed E-state index contributed by atoms with van der Waals surface area (Å²) >= 11 is 0. The number of carbonyl (C=O) groups is 2. The second-order valence-electron chi connectivity index (χ2n) is 2.44. The van der Waals surface area contributed by atoms with Gasteiger partial charge in [0.15, 0.2) is 5.78 Å². The molecule has 0 saturated carbocycles. The summed E-state index contributed by atoms with van der Waals surface area (Å²) in [6.45, 7) is 6.68. The van der Waals surface area contributed by atoms with E-state index in [1.54, 1.807) is 6.07 Å². The van der Waals surface area contributed by atoms with Crippen molar-refractivity contribution in [3.63, 3.8) is 0 Å². The monoisotopic (exact) mass is 193 g/mol. The van der Waals surface area contributed by atoms with Gasteiger partial charge < -0.3 is 4.74 Å². The van der Waals surface area contributed by atoms with Crippen LogP contribution < -0.4 is 0 Å². The van der Waals surface area contributed by atoms with Gasteiger partial charge in [0.1, 0.15) is 6.61 Å². The summed E-state index contributed by atoms with van der Waals surface area (Å²) in [5.41, 5.74) is 0. The Morgan fingerprint density at radius 3 is 2.50 bits per heavy atom. The average molecular weight is 193 g/mol. The van der Waals surface area contributed by atoms with E-state index in [1.807, 2.05) is 0 Å². The Morgan fingerprint density at radius 1 is 1.43 bits per heavy atom. The average Bonchev–Trinajstić information content (AvgIpc) is 2.16. The van der Waals surface area contributed by atoms with Crippen molar-refractivity contribution in [2.24, 2.45) is 5.92 Å². The number of ketones is 1. The van der Waals surface area contributed by atoms with E-state index >= 15 is 0 Å². The standard InChI is InChI=1S/C10H11NO3/c1-3-5-9(12)8(7-11)10(13)14-6-4-2/h3-4,8H,1-2,5-6H2. The van der Waals surface area contributed by atoms with Gasteiger partial charge in [-0.25, -0.2) is 0 Å². The highest BCUT2D eigenvalue weighted by atomic mass is 16.5. The Kier molecular flexibility index (Phi) is 5.72. The lowest BCUT2D eigenvalue weighted by Crippen LogP contribution is -2.24. The van der Waals surface area contributed by atoms with E-state index in [0.29, 0.717) is 0 Å². The molecule has 74 valence electrons. The Bertz CT molecular complexity index is 288. The predicted molar refractivity (Wildman–Crippen MR) is 50.1 cm³/mol. The molecule has 1 atom stereocenters. The molecule has 0 saturated heterocycles. The molecule has 0 rings (SSSR count). The van der Waals surface area contributed by atoms with Crippen LogP contribution in [0.2, 0.25) is 0 Å². The van der Waals surface area contributed by atoms with Crippen molar-refractivity contribution >= 4 is 11.8 Å². The molecule has 0 aromatic rings. The SMILES string of the molecule is C=CCOC(=O)C(C#N)C(=O)CC=C. The van der Waals surface area contributed by atoms with E-state index in [9.17, 15) is 9.59 Å². The van der Waals surface area contributed by atoms with Gasteiger partial charge in [0.25, 0.3) is 0 Å². The molecular weight excluding hydrogens is 182 g/mol. The highest BCUT2D eigenvalue weighted by Crippen LogP contribution is 2.04. The summed E-state index contributed by atoms with van der Waals surface area (Å²) in [7, 11) is 0. The highest BCUT2D eigenvalue weighted by Gasteiger charge is 2.26. The molecule has 0 fully saturated rings. The minimum atomic E-state index is -1.35. The van der Waals surface area contributed by atoms with Gasteiger partial charge in [-0.2, -0.15) is 5.26 Å². The fourth-order valence-corrected chi connectivity index (χ4v) is 0.741. The van der Waals surface area contributed by atoms with Gasteiger partial charge in [-0.05, 0) is 0 Å². The second kappa shape index (κ2) is 6.61. The molecule has 0 radical (unpaired) electrons. The molecule has 0 N–H and O–H groups in total. The van der Waals surface area contributed by atoms with Crippen LogP contribution >= 0.6 is 0 Å². The van der Waals surface area contributed by atoms with Gasteiger partial charge in [-0.1, -0.05) is 18.7 Å². The number of Topliss-reactive ketones (excluding diaryl/α,β-unsaturated/α-hetero) is 1. The molecule has 4 heteroatoms. The van der Waals surface area contributed by atoms with Crippen LogP contribution in [0, 0.1) is 17.2 Å². The van der Waals surface area contributed by atoms with Crippen molar-refractivity contribution in [2.75, 3.05) is 6.61 Å². The van der Waals surface area contributed by atoms with Gasteiger partial charge in [0.2, 0.25) is 5.92 Å². The first kappa shape index (κ1) is 12.1. The van der Waals surface area contributed by atoms with Crippen LogP contribution in [0.5, 0.6) is 0 Å². The molecule has 0 amide bonds. The van der Waals surface area contributed by atoms with E-state index in [1.165, 1.54) is 12.2 Å². The minimum Gasteiger partial charge on any atom is -0.460 e. The summed E-state index contributed by atoms with van der Waals surface area (Å²) in [5, 5.41) is 8.56. The number of ether oxygens (including phenoxy) is 1. The zero-order valence-electron chi connectivity index (χ0n) is 7.73. The Labute approximate surface area is 82.5 Å². The molecule has 0 aromatic carbocycles. The minimum absolute atomic E-state index is 0.00160. The maximum absolute atomic E-state index is 11.2. The molecule has 1 unspecified atom stereocenters. The molecule has 0 aromatic heterocycles. The number of allylic oxidation sites excluding steroid dienone is 1. The second-order valence-corrected chi connectivity index (χ2v) is 2.44. The summed E-state index contributed by atoms with van der Waals surface area (Å²) in [5.74, 6) is -2.69. The third-order valence-corrected chi connectivity index (χ3v) is 1.38. The van der Waals surface area contributed by atoms with Gasteiger partial charge in [-0.15, -0.1) is 6.58 Å². The van der Waals surface area contributed by atoms with Crippen LogP contribution in [-0.4, -0.2) is 18.4 Å². The lowest BCUT2D eigenvalue weighted by atomic mass is 10.0. The van der Waals surface area contributed by atoms with Crippen molar-refractivity contribution in [2.45, 2.75) is 6.42 Å². The lowest BCUT2D eigenvalue weighted by molar-refractivity contribution is -0.148. The summed E-state index contributed by atoms with van der Waals surface area (Å²) in [6, 6.07) is 1.59. The molecular formula is C10H11NO3. The van der Waals surface area contributed by atoms with E-state index in [4.69, 9.17) is 5.26 Å². The van der Waals surface area contributed by atoms with Gasteiger partial charge in [0.05, 0.1) is 6.07 Å². The highest BCUT2D eigenvalue weighted by molar-refractivity contribution is 6.02. The van der Waals surface area contributed by atoms with Crippen molar-refractivity contribution < 1.29 is 14.3 Å². The molecule has 0 aliphatic rings. The third kappa shape index (κ3) is 3.68. The van der Waals surface area contributed by atoms with Gasteiger partial charge in [-0.3, -0.25) is 9.59 Å². The largest absolute Gasteiger partial charge is 0.460 e. The fourth-order valence-electron chi connectivity index (χ4n) is 0.741. The maximum Gasteiger partial charge on any atom is 0.331 e. The van der Waals surface area contributed by atoms with Crippen molar-refractivity contribution in [3.8, 4) is 6.07 Å². The van der Waals surface area contributed by atoms with Gasteiger partial charge >= 0.3 is 5.97 Å². The topological polar surface area (TPSA) is 67.2 Å².